The number of hydrogen-bond acceptors (Lipinski definition) is 5. The lowest BCUT2D eigenvalue weighted by Gasteiger charge is -2.22. The van der Waals surface area contributed by atoms with E-state index in [1.54, 1.807) is 19.1 Å². The van der Waals surface area contributed by atoms with Crippen LogP contribution < -0.4 is 9.47 Å². The van der Waals surface area contributed by atoms with Crippen molar-refractivity contribution in [2.45, 2.75) is 33.2 Å². The highest BCUT2D eigenvalue weighted by atomic mass is 32.2. The van der Waals surface area contributed by atoms with E-state index >= 15 is 0 Å². The second kappa shape index (κ2) is 9.18. The second-order valence-corrected chi connectivity index (χ2v) is 7.89. The van der Waals surface area contributed by atoms with Crippen LogP contribution in [0.25, 0.3) is 6.08 Å². The number of thioether (sulfide) groups is 1. The topological polar surface area (TPSA) is 51.1 Å². The Bertz CT molecular complexity index is 951. The molecule has 152 valence electrons. The van der Waals surface area contributed by atoms with Gasteiger partial charge in [0.05, 0.1) is 24.8 Å². The molecule has 6 heteroatoms. The fourth-order valence-electron chi connectivity index (χ4n) is 2.94. The molecule has 0 saturated carbocycles. The number of carbonyl (C=O) groups excluding carboxylic acids is 1. The third-order valence-electron chi connectivity index (χ3n) is 4.85. The molecule has 29 heavy (non-hydrogen) atoms. The number of nitrogens with zero attached hydrogens (tertiary/aromatic N) is 2. The molecule has 1 aliphatic rings. The Morgan fingerprint density at radius 3 is 2.48 bits per heavy atom. The zero-order chi connectivity index (χ0) is 21.0. The predicted octanol–water partition coefficient (Wildman–Crippen LogP) is 5.41. The minimum atomic E-state index is -0.0342. The van der Waals surface area contributed by atoms with Crippen LogP contribution in [0.3, 0.4) is 0 Å². The Hall–Kier alpha value is -2.73. The van der Waals surface area contributed by atoms with E-state index in [9.17, 15) is 4.79 Å². The van der Waals surface area contributed by atoms with Gasteiger partial charge in [0.25, 0.3) is 5.91 Å². The van der Waals surface area contributed by atoms with Crippen LogP contribution in [0.1, 0.15) is 31.4 Å². The van der Waals surface area contributed by atoms with E-state index in [0.29, 0.717) is 21.6 Å². The Morgan fingerprint density at radius 2 is 1.86 bits per heavy atom. The lowest BCUT2D eigenvalue weighted by atomic mass is 10.1. The molecule has 5 nitrogen and oxygen atoms in total. The lowest BCUT2D eigenvalue weighted by molar-refractivity contribution is -0.123. The molecule has 0 spiro atoms. The molecule has 2 aromatic rings. The molecule has 0 bridgehead atoms. The van der Waals surface area contributed by atoms with Gasteiger partial charge in [-0.25, -0.2) is 4.99 Å². The number of carbonyl (C=O) groups is 1. The average molecular weight is 411 g/mol. The molecule has 0 N–H and O–H groups in total. The summed E-state index contributed by atoms with van der Waals surface area (Å²) in [5.41, 5.74) is 2.84. The first-order valence-corrected chi connectivity index (χ1v) is 10.4. The summed E-state index contributed by atoms with van der Waals surface area (Å²) in [6.45, 7) is 6.15. The summed E-state index contributed by atoms with van der Waals surface area (Å²) >= 11 is 1.39. The maximum absolute atomic E-state index is 13.2. The van der Waals surface area contributed by atoms with Gasteiger partial charge < -0.3 is 9.47 Å². The van der Waals surface area contributed by atoms with Gasteiger partial charge in [0.2, 0.25) is 0 Å². The summed E-state index contributed by atoms with van der Waals surface area (Å²) in [5.74, 6) is 1.33. The Morgan fingerprint density at radius 1 is 1.14 bits per heavy atom. The maximum Gasteiger partial charge on any atom is 0.267 e. The van der Waals surface area contributed by atoms with E-state index < -0.39 is 0 Å². The summed E-state index contributed by atoms with van der Waals surface area (Å²) in [6.07, 6.45) is 2.71. The quantitative estimate of drug-likeness (QED) is 0.597. The van der Waals surface area contributed by atoms with Crippen LogP contribution in [0.15, 0.2) is 52.4 Å². The summed E-state index contributed by atoms with van der Waals surface area (Å²) < 4.78 is 10.7. The molecule has 2 aromatic carbocycles. The van der Waals surface area contributed by atoms with Crippen LogP contribution in [-0.4, -0.2) is 36.2 Å². The number of amides is 1. The third-order valence-corrected chi connectivity index (χ3v) is 5.84. The molecule has 1 fully saturated rings. The highest BCUT2D eigenvalue weighted by Crippen LogP contribution is 2.37. The number of benzene rings is 2. The summed E-state index contributed by atoms with van der Waals surface area (Å²) in [7, 11) is 3.22. The lowest BCUT2D eigenvalue weighted by Crippen LogP contribution is -2.36. The van der Waals surface area contributed by atoms with Crippen LogP contribution in [0.2, 0.25) is 0 Å². The molecule has 3 rings (SSSR count). The van der Waals surface area contributed by atoms with Gasteiger partial charge in [-0.1, -0.05) is 24.6 Å². The molecule has 1 saturated heterocycles. The monoisotopic (exact) mass is 410 g/mol. The molecule has 0 unspecified atom stereocenters. The highest BCUT2D eigenvalue weighted by molar-refractivity contribution is 8.18. The summed E-state index contributed by atoms with van der Waals surface area (Å²) in [6, 6.07) is 13.6. The van der Waals surface area contributed by atoms with Gasteiger partial charge in [-0.2, -0.15) is 0 Å². The van der Waals surface area contributed by atoms with E-state index in [0.717, 1.165) is 17.7 Å². The molecule has 1 atom stereocenters. The number of aryl methyl sites for hydroxylation is 1. The van der Waals surface area contributed by atoms with Gasteiger partial charge in [-0.3, -0.25) is 9.69 Å². The number of aliphatic imine (C=N–C) groups is 1. The van der Waals surface area contributed by atoms with Gasteiger partial charge in [-0.05, 0) is 62.4 Å². The second-order valence-electron chi connectivity index (χ2n) is 6.88. The molecule has 0 radical (unpaired) electrons. The van der Waals surface area contributed by atoms with Crippen molar-refractivity contribution >= 4 is 34.6 Å². The maximum atomic E-state index is 13.2. The molecule has 1 aliphatic heterocycles. The highest BCUT2D eigenvalue weighted by Gasteiger charge is 2.36. The first-order valence-electron chi connectivity index (χ1n) is 9.57. The van der Waals surface area contributed by atoms with E-state index in [2.05, 4.69) is 6.92 Å². The van der Waals surface area contributed by atoms with Crippen molar-refractivity contribution in [3.05, 3.63) is 58.5 Å². The zero-order valence-electron chi connectivity index (χ0n) is 17.4. The van der Waals surface area contributed by atoms with E-state index in [1.807, 2.05) is 62.4 Å². The molecule has 0 aliphatic carbocycles. The Balaban J connectivity index is 2.00. The molecular weight excluding hydrogens is 384 g/mol. The normalized spacial score (nSPS) is 17.8. The zero-order valence-corrected chi connectivity index (χ0v) is 18.2. The number of ether oxygens (including phenoxy) is 2. The first-order chi connectivity index (χ1) is 14.0. The van der Waals surface area contributed by atoms with Crippen LogP contribution >= 0.6 is 11.8 Å². The van der Waals surface area contributed by atoms with Crippen molar-refractivity contribution in [3.8, 4) is 11.5 Å². The summed E-state index contributed by atoms with van der Waals surface area (Å²) in [4.78, 5) is 20.3. The van der Waals surface area contributed by atoms with Crippen LogP contribution in [0, 0.1) is 6.92 Å². The van der Waals surface area contributed by atoms with Crippen molar-refractivity contribution in [2.75, 3.05) is 14.2 Å². The standard InChI is InChI=1S/C23H26N2O3S/c1-6-16(3)25-22(26)21(13-17-9-12-19(27-4)14-20(17)28-5)29-23(25)24-18-10-7-15(2)8-11-18/h7-14,16H,6H2,1-5H3/b21-13+,24-23?/t16-/m0/s1. The van der Waals surface area contributed by atoms with E-state index in [-0.39, 0.29) is 11.9 Å². The molecular formula is C23H26N2O3S. The molecule has 1 heterocycles. The van der Waals surface area contributed by atoms with Crippen LogP contribution in [0.5, 0.6) is 11.5 Å². The number of methoxy groups -OCH3 is 2. The number of amidine groups is 1. The Kier molecular flexibility index (Phi) is 6.64. The van der Waals surface area contributed by atoms with Gasteiger partial charge in [-0.15, -0.1) is 0 Å². The van der Waals surface area contributed by atoms with Crippen molar-refractivity contribution in [1.29, 1.82) is 0 Å². The van der Waals surface area contributed by atoms with Crippen molar-refractivity contribution in [2.24, 2.45) is 4.99 Å². The SMILES string of the molecule is CC[C@H](C)N1C(=O)/C(=C\c2ccc(OC)cc2OC)SC1=Nc1ccc(C)cc1. The average Bonchev–Trinajstić information content (AvgIpc) is 3.04. The fourth-order valence-corrected chi connectivity index (χ4v) is 4.03. The predicted molar refractivity (Wildman–Crippen MR) is 120 cm³/mol. The first kappa shape index (κ1) is 21.0. The van der Waals surface area contributed by atoms with Gasteiger partial charge in [0.1, 0.15) is 11.5 Å². The molecule has 1 amide bonds. The van der Waals surface area contributed by atoms with Crippen molar-refractivity contribution in [3.63, 3.8) is 0 Å². The minimum absolute atomic E-state index is 0.0342. The van der Waals surface area contributed by atoms with E-state index in [1.165, 1.54) is 17.3 Å². The molecule has 0 aromatic heterocycles. The van der Waals surface area contributed by atoms with Crippen LogP contribution in [-0.2, 0) is 4.79 Å². The van der Waals surface area contributed by atoms with Gasteiger partial charge in [0.15, 0.2) is 5.17 Å². The van der Waals surface area contributed by atoms with E-state index in [4.69, 9.17) is 14.5 Å². The van der Waals surface area contributed by atoms with Crippen molar-refractivity contribution in [1.82, 2.24) is 4.90 Å². The fraction of sp³-hybridized carbons (Fsp3) is 0.304. The van der Waals surface area contributed by atoms with Gasteiger partial charge in [0, 0.05) is 17.7 Å². The Labute approximate surface area is 176 Å². The number of rotatable bonds is 6. The van der Waals surface area contributed by atoms with Crippen molar-refractivity contribution < 1.29 is 14.3 Å². The minimum Gasteiger partial charge on any atom is -0.497 e. The summed E-state index contributed by atoms with van der Waals surface area (Å²) in [5, 5.41) is 0.701. The van der Waals surface area contributed by atoms with Gasteiger partial charge >= 0.3 is 0 Å². The largest absolute Gasteiger partial charge is 0.497 e. The van der Waals surface area contributed by atoms with Crippen LogP contribution in [0.4, 0.5) is 5.69 Å². The number of hydrogen-bond donors (Lipinski definition) is 0. The third kappa shape index (κ3) is 4.65. The smallest absolute Gasteiger partial charge is 0.267 e.